The molecular weight excluding hydrogens is 515 g/mol. The maximum Gasteiger partial charge on any atom is 0.235 e. The smallest absolute Gasteiger partial charge is 0.235 e. The lowest BCUT2D eigenvalue weighted by molar-refractivity contribution is 1.02. The second-order valence-electron chi connectivity index (χ2n) is 9.83. The number of benzene rings is 5. The monoisotopic (exact) mass is 533 g/mol. The van der Waals surface area contributed by atoms with Gasteiger partial charge in [0, 0.05) is 46.6 Å². The average molecular weight is 534 g/mol. The molecule has 0 unspecified atom stereocenters. The number of rotatable bonds is 2. The molecule has 5 heteroatoms. The third-order valence-corrected chi connectivity index (χ3v) is 9.91. The van der Waals surface area contributed by atoms with E-state index in [0.29, 0.717) is 5.95 Å². The fourth-order valence-corrected chi connectivity index (χ4v) is 8.26. The predicted octanol–water partition coefficient (Wildman–Crippen LogP) is 9.98. The Morgan fingerprint density at radius 1 is 0.487 bits per heavy atom. The SMILES string of the molecule is c1ccc(-c2nc(-n3c4ccccc4c4ccccc43)nc3c2sc2cc4sc5ccccc5c4cc23)cc1. The van der Waals surface area contributed by atoms with Gasteiger partial charge < -0.3 is 0 Å². The van der Waals surface area contributed by atoms with Gasteiger partial charge in [0.1, 0.15) is 0 Å². The molecule has 4 aromatic heterocycles. The summed E-state index contributed by atoms with van der Waals surface area (Å²) in [5.41, 5.74) is 5.32. The number of hydrogen-bond acceptors (Lipinski definition) is 4. The quantitative estimate of drug-likeness (QED) is 0.221. The van der Waals surface area contributed by atoms with Crippen LogP contribution in [0, 0.1) is 0 Å². The van der Waals surface area contributed by atoms with Crippen molar-refractivity contribution in [2.45, 2.75) is 0 Å². The highest BCUT2D eigenvalue weighted by Gasteiger charge is 2.20. The topological polar surface area (TPSA) is 30.7 Å². The van der Waals surface area contributed by atoms with Gasteiger partial charge in [-0.05, 0) is 30.3 Å². The van der Waals surface area contributed by atoms with E-state index >= 15 is 0 Å². The summed E-state index contributed by atoms with van der Waals surface area (Å²) in [6.45, 7) is 0. The van der Waals surface area contributed by atoms with Gasteiger partial charge in [0.25, 0.3) is 0 Å². The Bertz CT molecular complexity index is 2340. The van der Waals surface area contributed by atoms with Crippen molar-refractivity contribution in [2.75, 3.05) is 0 Å². The molecule has 5 aromatic carbocycles. The first-order valence-electron chi connectivity index (χ1n) is 12.9. The fourth-order valence-electron chi connectivity index (χ4n) is 5.88. The summed E-state index contributed by atoms with van der Waals surface area (Å²) in [4.78, 5) is 10.6. The first-order valence-corrected chi connectivity index (χ1v) is 14.6. The van der Waals surface area contributed by atoms with Crippen LogP contribution >= 0.6 is 22.7 Å². The molecule has 0 radical (unpaired) electrons. The zero-order valence-electron chi connectivity index (χ0n) is 20.6. The number of para-hydroxylation sites is 2. The van der Waals surface area contributed by atoms with Crippen LogP contribution in [0.5, 0.6) is 0 Å². The molecule has 0 spiro atoms. The lowest BCUT2D eigenvalue weighted by atomic mass is 10.1. The molecule has 9 aromatic rings. The van der Waals surface area contributed by atoms with Crippen LogP contribution in [0.4, 0.5) is 0 Å². The predicted molar refractivity (Wildman–Crippen MR) is 168 cm³/mol. The Kier molecular flexibility index (Phi) is 4.36. The van der Waals surface area contributed by atoms with Crippen molar-refractivity contribution in [3.8, 4) is 17.2 Å². The van der Waals surface area contributed by atoms with Crippen LogP contribution in [-0.2, 0) is 0 Å². The van der Waals surface area contributed by atoms with Gasteiger partial charge >= 0.3 is 0 Å². The zero-order valence-corrected chi connectivity index (χ0v) is 22.3. The molecule has 4 heterocycles. The molecular formula is C34H19N3S2. The molecule has 0 aliphatic heterocycles. The lowest BCUT2D eigenvalue weighted by Crippen LogP contribution is -2.02. The lowest BCUT2D eigenvalue weighted by Gasteiger charge is -2.10. The molecule has 9 rings (SSSR count). The van der Waals surface area contributed by atoms with Crippen molar-refractivity contribution in [3.63, 3.8) is 0 Å². The minimum atomic E-state index is 0.703. The second-order valence-corrected chi connectivity index (χ2v) is 12.0. The van der Waals surface area contributed by atoms with Crippen molar-refractivity contribution >= 4 is 85.0 Å². The van der Waals surface area contributed by atoms with E-state index in [1.807, 2.05) is 11.3 Å². The first kappa shape index (κ1) is 21.4. The van der Waals surface area contributed by atoms with Crippen LogP contribution in [0.3, 0.4) is 0 Å². The van der Waals surface area contributed by atoms with Gasteiger partial charge in [-0.25, -0.2) is 9.97 Å². The zero-order chi connectivity index (χ0) is 25.5. The highest BCUT2D eigenvalue weighted by Crippen LogP contribution is 2.44. The summed E-state index contributed by atoms with van der Waals surface area (Å²) >= 11 is 3.65. The van der Waals surface area contributed by atoms with Crippen LogP contribution in [0.15, 0.2) is 115 Å². The Hall–Kier alpha value is -4.58. The Balaban J connectivity index is 1.45. The third-order valence-electron chi connectivity index (χ3n) is 7.63. The molecule has 3 nitrogen and oxygen atoms in total. The van der Waals surface area contributed by atoms with Gasteiger partial charge in [-0.2, -0.15) is 0 Å². The Labute approximate surface area is 231 Å². The molecule has 0 aliphatic rings. The van der Waals surface area contributed by atoms with Gasteiger partial charge in [0.05, 0.1) is 26.9 Å². The van der Waals surface area contributed by atoms with Gasteiger partial charge in [-0.1, -0.05) is 84.9 Å². The molecule has 182 valence electrons. The van der Waals surface area contributed by atoms with Gasteiger partial charge in [0.2, 0.25) is 5.95 Å². The molecule has 0 saturated heterocycles. The minimum absolute atomic E-state index is 0.703. The van der Waals surface area contributed by atoms with Crippen molar-refractivity contribution in [1.82, 2.24) is 14.5 Å². The van der Waals surface area contributed by atoms with Gasteiger partial charge in [-0.15, -0.1) is 22.7 Å². The fraction of sp³-hybridized carbons (Fsp3) is 0. The van der Waals surface area contributed by atoms with E-state index in [1.165, 1.54) is 41.0 Å². The van der Waals surface area contributed by atoms with E-state index in [9.17, 15) is 0 Å². The summed E-state index contributed by atoms with van der Waals surface area (Å²) in [6.07, 6.45) is 0. The van der Waals surface area contributed by atoms with E-state index in [-0.39, 0.29) is 0 Å². The molecule has 0 saturated carbocycles. The maximum atomic E-state index is 5.33. The summed E-state index contributed by atoms with van der Waals surface area (Å²) < 4.78 is 7.23. The van der Waals surface area contributed by atoms with E-state index < -0.39 is 0 Å². The first-order chi connectivity index (χ1) is 19.3. The van der Waals surface area contributed by atoms with E-state index in [4.69, 9.17) is 9.97 Å². The van der Waals surface area contributed by atoms with Crippen molar-refractivity contribution in [3.05, 3.63) is 115 Å². The number of thiophene rings is 2. The molecule has 0 amide bonds. The highest BCUT2D eigenvalue weighted by atomic mass is 32.1. The molecule has 0 bridgehead atoms. The molecule has 39 heavy (non-hydrogen) atoms. The van der Waals surface area contributed by atoms with Crippen molar-refractivity contribution in [1.29, 1.82) is 0 Å². The number of hydrogen-bond donors (Lipinski definition) is 0. The van der Waals surface area contributed by atoms with E-state index in [1.54, 1.807) is 11.3 Å². The van der Waals surface area contributed by atoms with Crippen molar-refractivity contribution < 1.29 is 0 Å². The molecule has 0 atom stereocenters. The summed E-state index contributed by atoms with van der Waals surface area (Å²) in [5.74, 6) is 0.703. The average Bonchev–Trinajstić information content (AvgIpc) is 3.65. The maximum absolute atomic E-state index is 5.33. The van der Waals surface area contributed by atoms with Crippen LogP contribution in [0.25, 0.3) is 79.5 Å². The Morgan fingerprint density at radius 3 is 1.90 bits per heavy atom. The molecule has 0 N–H and O–H groups in total. The Morgan fingerprint density at radius 2 is 1.13 bits per heavy atom. The van der Waals surface area contributed by atoms with Crippen LogP contribution in [-0.4, -0.2) is 14.5 Å². The number of aromatic nitrogens is 3. The number of fused-ring (bicyclic) bond motifs is 9. The van der Waals surface area contributed by atoms with Crippen LogP contribution < -0.4 is 0 Å². The van der Waals surface area contributed by atoms with E-state index in [2.05, 4.69) is 120 Å². The largest absolute Gasteiger partial charge is 0.278 e. The van der Waals surface area contributed by atoms with Crippen molar-refractivity contribution in [2.24, 2.45) is 0 Å². The second kappa shape index (κ2) is 7.96. The van der Waals surface area contributed by atoms with Crippen LogP contribution in [0.1, 0.15) is 0 Å². The van der Waals surface area contributed by atoms with Crippen LogP contribution in [0.2, 0.25) is 0 Å². The third kappa shape index (κ3) is 3.03. The molecule has 0 fully saturated rings. The molecule has 0 aliphatic carbocycles. The normalized spacial score (nSPS) is 12.1. The minimum Gasteiger partial charge on any atom is -0.278 e. The van der Waals surface area contributed by atoms with E-state index in [0.717, 1.165) is 32.5 Å². The summed E-state index contributed by atoms with van der Waals surface area (Å²) in [7, 11) is 0. The number of nitrogens with zero attached hydrogens (tertiary/aromatic N) is 3. The summed E-state index contributed by atoms with van der Waals surface area (Å²) in [6, 6.07) is 41.0. The van der Waals surface area contributed by atoms with Gasteiger partial charge in [-0.3, -0.25) is 4.57 Å². The summed E-state index contributed by atoms with van der Waals surface area (Å²) in [5, 5.41) is 6.20. The van der Waals surface area contributed by atoms with Gasteiger partial charge in [0.15, 0.2) is 0 Å². The standard InChI is InChI=1S/C34H19N3S2/c1-2-10-20(11-3-1)31-33-32(25-18-24-23-14-6-9-17-28(23)38-29(24)19-30(25)39-33)36-34(35-31)37-26-15-7-4-12-21(26)22-13-5-8-16-27(22)37/h1-19H. The highest BCUT2D eigenvalue weighted by molar-refractivity contribution is 7.28.